The first-order chi connectivity index (χ1) is 6.54. The molecule has 1 N–H and O–H groups in total. The molecule has 0 fully saturated rings. The highest BCUT2D eigenvalue weighted by Gasteiger charge is 2.08. The minimum absolute atomic E-state index is 0.263. The van der Waals surface area contributed by atoms with Crippen molar-refractivity contribution in [2.24, 2.45) is 0 Å². The zero-order valence-corrected chi connectivity index (χ0v) is 9.84. The molecule has 0 amide bonds. The van der Waals surface area contributed by atoms with Crippen LogP contribution in [0.15, 0.2) is 28.0 Å². The maximum atomic E-state index is 10.6. The summed E-state index contributed by atoms with van der Waals surface area (Å²) in [7, 11) is 0. The first kappa shape index (κ1) is 11.3. The van der Waals surface area contributed by atoms with Crippen molar-refractivity contribution in [3.8, 4) is 0 Å². The van der Waals surface area contributed by atoms with Crippen LogP contribution < -0.4 is 0 Å². The van der Waals surface area contributed by atoms with Gasteiger partial charge in [0.1, 0.15) is 0 Å². The Labute approximate surface area is 95.1 Å². The van der Waals surface area contributed by atoms with Gasteiger partial charge in [-0.3, -0.25) is 0 Å². The van der Waals surface area contributed by atoms with Gasteiger partial charge in [0.05, 0.1) is 10.2 Å². The highest BCUT2D eigenvalue weighted by Crippen LogP contribution is 2.17. The van der Waals surface area contributed by atoms with Crippen molar-refractivity contribution >= 4 is 33.5 Å². The van der Waals surface area contributed by atoms with Crippen molar-refractivity contribution < 1.29 is 9.90 Å². The molecule has 5 heteroatoms. The van der Waals surface area contributed by atoms with Gasteiger partial charge >= 0.3 is 5.97 Å². The number of carbonyl (C=O) groups is 1. The molecule has 0 atom stereocenters. The lowest BCUT2D eigenvalue weighted by molar-refractivity contribution is 0.0697. The van der Waals surface area contributed by atoms with Crippen molar-refractivity contribution in [3.63, 3.8) is 0 Å². The van der Waals surface area contributed by atoms with Crippen LogP contribution in [0, 0.1) is 0 Å². The fraction of sp³-hybridized carbons (Fsp3) is 0.222. The first-order valence-electron chi connectivity index (χ1n) is 3.89. The highest BCUT2D eigenvalue weighted by atomic mass is 79.9. The molecule has 0 aliphatic carbocycles. The molecular weight excluding hydrogens is 269 g/mol. The Morgan fingerprint density at radius 2 is 2.43 bits per heavy atom. The Morgan fingerprint density at radius 3 is 2.86 bits per heavy atom. The maximum Gasteiger partial charge on any atom is 0.337 e. The number of carboxylic acids is 1. The molecule has 0 spiro atoms. The zero-order valence-electron chi connectivity index (χ0n) is 7.50. The fourth-order valence-corrected chi connectivity index (χ4v) is 1.56. The van der Waals surface area contributed by atoms with Crippen molar-refractivity contribution in [2.45, 2.75) is 13.5 Å². The Hall–Kier alpha value is -0.740. The predicted molar refractivity (Wildman–Crippen MR) is 58.7 cm³/mol. The summed E-state index contributed by atoms with van der Waals surface area (Å²) in [6, 6.07) is 1.56. The van der Waals surface area contributed by atoms with Crippen LogP contribution in [0.5, 0.6) is 0 Å². The Balaban J connectivity index is 2.93. The van der Waals surface area contributed by atoms with Crippen LogP contribution in [0.25, 0.3) is 0 Å². The highest BCUT2D eigenvalue weighted by molar-refractivity contribution is 9.10. The normalized spacial score (nSPS) is 11.8. The van der Waals surface area contributed by atoms with Crippen LogP contribution in [0.2, 0.25) is 0 Å². The average molecular weight is 279 g/mol. The summed E-state index contributed by atoms with van der Waals surface area (Å²) in [6.07, 6.45) is 1.57. The lowest BCUT2D eigenvalue weighted by atomic mass is 10.3. The zero-order chi connectivity index (χ0) is 10.7. The number of rotatable bonds is 3. The molecule has 0 saturated heterocycles. The predicted octanol–water partition coefficient (Wildman–Crippen LogP) is 3.09. The molecule has 1 rings (SSSR count). The maximum absolute atomic E-state index is 10.6. The third-order valence-electron chi connectivity index (χ3n) is 1.70. The van der Waals surface area contributed by atoms with E-state index in [1.165, 1.54) is 5.54 Å². The first-order valence-corrected chi connectivity index (χ1v) is 5.12. The van der Waals surface area contributed by atoms with Gasteiger partial charge in [0.2, 0.25) is 0 Å². The van der Waals surface area contributed by atoms with Crippen molar-refractivity contribution in [1.82, 2.24) is 4.57 Å². The SMILES string of the molecule is C/C(=C/Cl)Cn1cc(C(=O)O)cc1Br. The van der Waals surface area contributed by atoms with E-state index in [1.807, 2.05) is 6.92 Å². The molecule has 3 nitrogen and oxygen atoms in total. The van der Waals surface area contributed by atoms with Gasteiger partial charge in [-0.25, -0.2) is 4.79 Å². The summed E-state index contributed by atoms with van der Waals surface area (Å²) in [5.41, 5.74) is 2.70. The second kappa shape index (κ2) is 4.66. The summed E-state index contributed by atoms with van der Waals surface area (Å²) >= 11 is 8.79. The van der Waals surface area contributed by atoms with Crippen molar-refractivity contribution in [2.75, 3.05) is 0 Å². The lowest BCUT2D eigenvalue weighted by Crippen LogP contribution is -1.98. The summed E-state index contributed by atoms with van der Waals surface area (Å²) in [6.45, 7) is 2.46. The molecule has 14 heavy (non-hydrogen) atoms. The largest absolute Gasteiger partial charge is 0.478 e. The second-order valence-corrected chi connectivity index (χ2v) is 3.97. The topological polar surface area (TPSA) is 42.2 Å². The van der Waals surface area contributed by atoms with E-state index in [9.17, 15) is 4.79 Å². The van der Waals surface area contributed by atoms with Gasteiger partial charge in [-0.1, -0.05) is 11.6 Å². The fourth-order valence-electron chi connectivity index (χ4n) is 1.02. The minimum Gasteiger partial charge on any atom is -0.478 e. The summed E-state index contributed by atoms with van der Waals surface area (Å²) < 4.78 is 2.50. The number of nitrogens with zero attached hydrogens (tertiary/aromatic N) is 1. The number of carboxylic acid groups (broad SMARTS) is 1. The summed E-state index contributed by atoms with van der Waals surface area (Å²) in [5.74, 6) is -0.933. The molecule has 0 aliphatic heterocycles. The van der Waals surface area contributed by atoms with Gasteiger partial charge in [0, 0.05) is 18.3 Å². The van der Waals surface area contributed by atoms with E-state index in [2.05, 4.69) is 15.9 Å². The molecule has 76 valence electrons. The van der Waals surface area contributed by atoms with Crippen LogP contribution in [-0.2, 0) is 6.54 Å². The monoisotopic (exact) mass is 277 g/mol. The number of hydrogen-bond donors (Lipinski definition) is 1. The van der Waals surface area contributed by atoms with E-state index in [-0.39, 0.29) is 5.56 Å². The van der Waals surface area contributed by atoms with E-state index in [0.717, 1.165) is 10.2 Å². The molecule has 0 bridgehead atoms. The minimum atomic E-state index is -0.933. The standard InChI is InChI=1S/C9H9BrClNO2/c1-6(3-11)4-12-5-7(9(13)14)2-8(12)10/h2-3,5H,4H2,1H3,(H,13,14)/b6-3-. The smallest absolute Gasteiger partial charge is 0.337 e. The summed E-state index contributed by atoms with van der Waals surface area (Å²) in [4.78, 5) is 10.6. The molecule has 1 aromatic rings. The lowest BCUT2D eigenvalue weighted by Gasteiger charge is -2.03. The van der Waals surface area contributed by atoms with Gasteiger partial charge in [0.25, 0.3) is 0 Å². The molecule has 1 heterocycles. The number of aromatic carboxylic acids is 1. The number of halogens is 2. The van der Waals surface area contributed by atoms with Crippen LogP contribution in [-0.4, -0.2) is 15.6 Å². The Bertz CT molecular complexity index is 384. The van der Waals surface area contributed by atoms with Gasteiger partial charge in [-0.15, -0.1) is 0 Å². The van der Waals surface area contributed by atoms with Crippen molar-refractivity contribution in [1.29, 1.82) is 0 Å². The van der Waals surface area contributed by atoms with Gasteiger partial charge in [-0.05, 0) is 34.5 Å². The molecule has 0 saturated carbocycles. The van der Waals surface area contributed by atoms with Gasteiger partial charge in [-0.2, -0.15) is 0 Å². The van der Waals surface area contributed by atoms with E-state index in [1.54, 1.807) is 16.8 Å². The third kappa shape index (κ3) is 2.62. The van der Waals surface area contributed by atoms with Crippen LogP contribution in [0.3, 0.4) is 0 Å². The number of allylic oxidation sites excluding steroid dienone is 1. The van der Waals surface area contributed by atoms with Gasteiger partial charge in [0.15, 0.2) is 0 Å². The van der Waals surface area contributed by atoms with Crippen molar-refractivity contribution in [3.05, 3.63) is 33.5 Å². The molecular formula is C9H9BrClNO2. The van der Waals surface area contributed by atoms with Crippen LogP contribution in [0.4, 0.5) is 0 Å². The van der Waals surface area contributed by atoms with Crippen LogP contribution in [0.1, 0.15) is 17.3 Å². The molecule has 0 radical (unpaired) electrons. The van der Waals surface area contributed by atoms with E-state index in [4.69, 9.17) is 16.7 Å². The van der Waals surface area contributed by atoms with E-state index >= 15 is 0 Å². The summed E-state index contributed by atoms with van der Waals surface area (Å²) in [5, 5.41) is 8.74. The van der Waals surface area contributed by atoms with E-state index in [0.29, 0.717) is 6.54 Å². The Morgan fingerprint density at radius 1 is 1.79 bits per heavy atom. The third-order valence-corrected chi connectivity index (χ3v) is 2.75. The second-order valence-electron chi connectivity index (χ2n) is 2.94. The molecule has 0 unspecified atom stereocenters. The molecule has 1 aromatic heterocycles. The molecule has 0 aliphatic rings. The van der Waals surface area contributed by atoms with Crippen LogP contribution >= 0.6 is 27.5 Å². The quantitative estimate of drug-likeness (QED) is 0.923. The number of aromatic nitrogens is 1. The Kier molecular flexibility index (Phi) is 3.77. The molecule has 0 aromatic carbocycles. The van der Waals surface area contributed by atoms with E-state index < -0.39 is 5.97 Å². The van der Waals surface area contributed by atoms with Gasteiger partial charge < -0.3 is 9.67 Å². The average Bonchev–Trinajstić information content (AvgIpc) is 2.48. The number of hydrogen-bond acceptors (Lipinski definition) is 1.